The fourth-order valence-corrected chi connectivity index (χ4v) is 2.63. The first-order valence-electron chi connectivity index (χ1n) is 6.73. The zero-order valence-electron chi connectivity index (χ0n) is 10.6. The van der Waals surface area contributed by atoms with Crippen molar-refractivity contribution >= 4 is 5.91 Å². The molecular formula is C13H18N2O4. The Hall–Kier alpha value is -1.40. The number of carbonyl (C=O) groups excluding carboxylic acids is 1. The van der Waals surface area contributed by atoms with Gasteiger partial charge in [-0.15, -0.1) is 0 Å². The van der Waals surface area contributed by atoms with E-state index in [1.807, 2.05) is 0 Å². The summed E-state index contributed by atoms with van der Waals surface area (Å²) in [6.45, 7) is -0.0523. The van der Waals surface area contributed by atoms with Crippen molar-refractivity contribution in [3.8, 4) is 0 Å². The van der Waals surface area contributed by atoms with Crippen molar-refractivity contribution in [2.75, 3.05) is 6.61 Å². The lowest BCUT2D eigenvalue weighted by atomic mass is 10.1. The molecule has 0 aliphatic heterocycles. The van der Waals surface area contributed by atoms with Crippen molar-refractivity contribution < 1.29 is 19.5 Å². The molecule has 19 heavy (non-hydrogen) atoms. The number of carbonyl (C=O) groups is 1. The van der Waals surface area contributed by atoms with Gasteiger partial charge < -0.3 is 20.1 Å². The average molecular weight is 266 g/mol. The van der Waals surface area contributed by atoms with E-state index in [4.69, 9.17) is 9.63 Å². The number of aromatic nitrogens is 1. The lowest BCUT2D eigenvalue weighted by Crippen LogP contribution is -2.33. The first-order valence-corrected chi connectivity index (χ1v) is 6.73. The molecule has 1 heterocycles. The number of aliphatic hydroxyl groups excluding tert-OH is 2. The fourth-order valence-electron chi connectivity index (χ4n) is 2.63. The molecule has 2 saturated carbocycles. The summed E-state index contributed by atoms with van der Waals surface area (Å²) in [4.78, 5) is 12.0. The van der Waals surface area contributed by atoms with Crippen LogP contribution in [0.4, 0.5) is 0 Å². The fraction of sp³-hybridized carbons (Fsp3) is 0.692. The van der Waals surface area contributed by atoms with Crippen molar-refractivity contribution in [2.24, 2.45) is 5.92 Å². The van der Waals surface area contributed by atoms with Gasteiger partial charge in [0.2, 0.25) is 0 Å². The van der Waals surface area contributed by atoms with E-state index in [0.717, 1.165) is 18.6 Å². The van der Waals surface area contributed by atoms with Gasteiger partial charge >= 0.3 is 0 Å². The zero-order chi connectivity index (χ0) is 13.4. The number of hydrogen-bond donors (Lipinski definition) is 3. The second kappa shape index (κ2) is 4.94. The molecule has 6 nitrogen and oxygen atoms in total. The van der Waals surface area contributed by atoms with Gasteiger partial charge in [-0.3, -0.25) is 4.79 Å². The standard InChI is InChI=1S/C13H18N2O4/c16-6-8-3-9(4-11(8)17)14-13(18)10-5-12(19-15-10)7-1-2-7/h5,7-9,11,16-17H,1-4,6H2,(H,14,18)/t8-,9-,11-/m0/s1. The van der Waals surface area contributed by atoms with Gasteiger partial charge in [-0.05, 0) is 25.7 Å². The molecule has 2 fully saturated rings. The van der Waals surface area contributed by atoms with Crippen LogP contribution >= 0.6 is 0 Å². The van der Waals surface area contributed by atoms with Crippen LogP contribution in [0.1, 0.15) is 47.8 Å². The average Bonchev–Trinajstić information content (AvgIpc) is 3.01. The van der Waals surface area contributed by atoms with Gasteiger partial charge in [-0.25, -0.2) is 0 Å². The van der Waals surface area contributed by atoms with Crippen molar-refractivity contribution in [2.45, 2.75) is 43.7 Å². The monoisotopic (exact) mass is 266 g/mol. The van der Waals surface area contributed by atoms with Crippen LogP contribution in [0, 0.1) is 5.92 Å². The summed E-state index contributed by atoms with van der Waals surface area (Å²) >= 11 is 0. The molecule has 104 valence electrons. The second-order valence-electron chi connectivity index (χ2n) is 5.54. The molecule has 6 heteroatoms. The Morgan fingerprint density at radius 3 is 2.89 bits per heavy atom. The molecule has 3 N–H and O–H groups in total. The Bertz CT molecular complexity index is 469. The van der Waals surface area contributed by atoms with Crippen molar-refractivity contribution in [3.63, 3.8) is 0 Å². The highest BCUT2D eigenvalue weighted by atomic mass is 16.5. The third-order valence-electron chi connectivity index (χ3n) is 3.97. The van der Waals surface area contributed by atoms with Crippen LogP contribution in [0.15, 0.2) is 10.6 Å². The van der Waals surface area contributed by atoms with Gasteiger partial charge in [0.25, 0.3) is 5.91 Å². The largest absolute Gasteiger partial charge is 0.396 e. The van der Waals surface area contributed by atoms with Crippen LogP contribution in [0.5, 0.6) is 0 Å². The van der Waals surface area contributed by atoms with E-state index in [-0.39, 0.29) is 24.5 Å². The number of nitrogens with zero attached hydrogens (tertiary/aromatic N) is 1. The van der Waals surface area contributed by atoms with E-state index in [1.54, 1.807) is 6.07 Å². The highest BCUT2D eigenvalue weighted by molar-refractivity contribution is 5.92. The maximum absolute atomic E-state index is 12.0. The zero-order valence-corrected chi connectivity index (χ0v) is 10.6. The minimum absolute atomic E-state index is 0.0523. The molecule has 3 atom stereocenters. The van der Waals surface area contributed by atoms with Crippen molar-refractivity contribution in [1.29, 1.82) is 0 Å². The molecule has 2 aliphatic rings. The molecule has 1 aromatic heterocycles. The first kappa shape index (κ1) is 12.6. The Balaban J connectivity index is 1.58. The quantitative estimate of drug-likeness (QED) is 0.733. The third-order valence-corrected chi connectivity index (χ3v) is 3.97. The topological polar surface area (TPSA) is 95.6 Å². The van der Waals surface area contributed by atoms with Gasteiger partial charge in [0.05, 0.1) is 6.10 Å². The molecule has 3 rings (SSSR count). The van der Waals surface area contributed by atoms with Crippen LogP contribution in [0.3, 0.4) is 0 Å². The number of rotatable bonds is 4. The van der Waals surface area contributed by atoms with E-state index in [9.17, 15) is 9.90 Å². The summed E-state index contributed by atoms with van der Waals surface area (Å²) in [6, 6.07) is 1.59. The minimum atomic E-state index is -0.547. The van der Waals surface area contributed by atoms with Crippen LogP contribution in [0.2, 0.25) is 0 Å². The minimum Gasteiger partial charge on any atom is -0.396 e. The molecular weight excluding hydrogens is 248 g/mol. The lowest BCUT2D eigenvalue weighted by molar-refractivity contribution is 0.0902. The Morgan fingerprint density at radius 2 is 2.26 bits per heavy atom. The van der Waals surface area contributed by atoms with Gasteiger partial charge in [-0.1, -0.05) is 5.16 Å². The predicted octanol–water partition coefficient (Wildman–Crippen LogP) is 0.414. The summed E-state index contributed by atoms with van der Waals surface area (Å²) in [6.07, 6.45) is 2.72. The number of hydrogen-bond acceptors (Lipinski definition) is 5. The Morgan fingerprint density at radius 1 is 1.47 bits per heavy atom. The first-order chi connectivity index (χ1) is 9.17. The SMILES string of the molecule is O=C(N[C@H]1C[C@@H](CO)[C@@H](O)C1)c1cc(C2CC2)on1. The Kier molecular flexibility index (Phi) is 3.28. The van der Waals surface area contributed by atoms with E-state index in [2.05, 4.69) is 10.5 Å². The van der Waals surface area contributed by atoms with Crippen molar-refractivity contribution in [1.82, 2.24) is 10.5 Å². The smallest absolute Gasteiger partial charge is 0.273 e. The summed E-state index contributed by atoms with van der Waals surface area (Å²) in [7, 11) is 0. The van der Waals surface area contributed by atoms with Gasteiger partial charge in [-0.2, -0.15) is 0 Å². The number of amides is 1. The van der Waals surface area contributed by atoms with E-state index < -0.39 is 6.10 Å². The normalized spacial score (nSPS) is 30.5. The summed E-state index contributed by atoms with van der Waals surface area (Å²) in [5.74, 6) is 0.794. The maximum Gasteiger partial charge on any atom is 0.273 e. The molecule has 0 bridgehead atoms. The van der Waals surface area contributed by atoms with Crippen LogP contribution in [-0.4, -0.2) is 40.0 Å². The van der Waals surface area contributed by atoms with Gasteiger partial charge in [0, 0.05) is 30.6 Å². The Labute approximate surface area is 110 Å². The maximum atomic E-state index is 12.0. The lowest BCUT2D eigenvalue weighted by Gasteiger charge is -2.10. The molecule has 0 aromatic carbocycles. The molecule has 1 amide bonds. The molecule has 0 radical (unpaired) electrons. The van der Waals surface area contributed by atoms with Crippen LogP contribution < -0.4 is 5.32 Å². The second-order valence-corrected chi connectivity index (χ2v) is 5.54. The summed E-state index contributed by atoms with van der Waals surface area (Å²) < 4.78 is 5.14. The molecule has 0 spiro atoms. The molecule has 0 unspecified atom stereocenters. The molecule has 0 saturated heterocycles. The summed E-state index contributed by atoms with van der Waals surface area (Å²) in [5, 5.41) is 25.4. The van der Waals surface area contributed by atoms with Gasteiger partial charge in [0.1, 0.15) is 5.76 Å². The third kappa shape index (κ3) is 2.64. The van der Waals surface area contributed by atoms with Crippen LogP contribution in [0.25, 0.3) is 0 Å². The highest BCUT2D eigenvalue weighted by Gasteiger charge is 2.34. The van der Waals surface area contributed by atoms with Gasteiger partial charge in [0.15, 0.2) is 5.69 Å². The van der Waals surface area contributed by atoms with E-state index >= 15 is 0 Å². The number of aliphatic hydroxyl groups is 2. The summed E-state index contributed by atoms with van der Waals surface area (Å²) in [5.41, 5.74) is 0.295. The highest BCUT2D eigenvalue weighted by Crippen LogP contribution is 2.40. The van der Waals surface area contributed by atoms with Crippen LogP contribution in [-0.2, 0) is 0 Å². The van der Waals surface area contributed by atoms with Crippen molar-refractivity contribution in [3.05, 3.63) is 17.5 Å². The molecule has 1 aromatic rings. The number of nitrogens with one attached hydrogen (secondary N) is 1. The predicted molar refractivity (Wildman–Crippen MR) is 65.5 cm³/mol. The van der Waals surface area contributed by atoms with E-state index in [1.165, 1.54) is 0 Å². The molecule has 2 aliphatic carbocycles. The van der Waals surface area contributed by atoms with E-state index in [0.29, 0.717) is 24.5 Å².